The average Bonchev–Trinajstić information content (AvgIpc) is 3.23. The van der Waals surface area contributed by atoms with Crippen LogP contribution in [-0.4, -0.2) is 59.2 Å². The first-order valence-corrected chi connectivity index (χ1v) is 11.8. The number of hydrogen-bond donors (Lipinski definition) is 1. The summed E-state index contributed by atoms with van der Waals surface area (Å²) in [5, 5.41) is 16.3. The number of pyridine rings is 1. The van der Waals surface area contributed by atoms with Crippen LogP contribution in [0.15, 0.2) is 65.4 Å². The van der Waals surface area contributed by atoms with Crippen LogP contribution in [0, 0.1) is 0 Å². The van der Waals surface area contributed by atoms with E-state index >= 15 is 0 Å². The molecule has 10 nitrogen and oxygen atoms in total. The maximum Gasteiger partial charge on any atom is 0.220 e. The average molecular weight is 452 g/mol. The molecule has 164 valence electrons. The van der Waals surface area contributed by atoms with E-state index < -0.39 is 10.0 Å². The predicted molar refractivity (Wildman–Crippen MR) is 120 cm³/mol. The Bertz CT molecular complexity index is 1300. The lowest BCUT2D eigenvalue weighted by Gasteiger charge is -2.34. The molecular formula is C21H21N7O3S. The van der Waals surface area contributed by atoms with Crippen LogP contribution in [0.4, 0.5) is 17.3 Å². The van der Waals surface area contributed by atoms with Crippen molar-refractivity contribution in [1.29, 1.82) is 0 Å². The Morgan fingerprint density at radius 1 is 0.969 bits per heavy atom. The van der Waals surface area contributed by atoms with Crippen molar-refractivity contribution in [2.24, 2.45) is 0 Å². The fourth-order valence-corrected chi connectivity index (χ4v) is 5.10. The minimum Gasteiger partial charge on any atom is -0.356 e. The van der Waals surface area contributed by atoms with Crippen LogP contribution in [0.1, 0.15) is 5.69 Å². The molecule has 1 N–H and O–H groups in total. The van der Waals surface area contributed by atoms with Gasteiger partial charge >= 0.3 is 0 Å². The van der Waals surface area contributed by atoms with Gasteiger partial charge in [-0.15, -0.1) is 10.2 Å². The summed E-state index contributed by atoms with van der Waals surface area (Å²) in [6.45, 7) is 1.80. The molecule has 1 fully saturated rings. The summed E-state index contributed by atoms with van der Waals surface area (Å²) in [5.74, 6) is 1.14. The molecule has 4 aromatic rings. The number of hydrogen-bond acceptors (Lipinski definition) is 9. The molecule has 4 heterocycles. The highest BCUT2D eigenvalue weighted by Gasteiger charge is 2.29. The Labute approximate surface area is 184 Å². The van der Waals surface area contributed by atoms with Crippen molar-refractivity contribution in [3.8, 4) is 0 Å². The minimum atomic E-state index is -3.51. The molecule has 0 amide bonds. The normalized spacial score (nSPS) is 15.2. The van der Waals surface area contributed by atoms with Crippen LogP contribution in [0.25, 0.3) is 11.0 Å². The monoisotopic (exact) mass is 451 g/mol. The van der Waals surface area contributed by atoms with Gasteiger partial charge in [0.2, 0.25) is 10.0 Å². The van der Waals surface area contributed by atoms with Gasteiger partial charge < -0.3 is 14.7 Å². The number of benzene rings is 1. The summed E-state index contributed by atoms with van der Waals surface area (Å²) in [6.07, 6.45) is 3.41. The maximum atomic E-state index is 12.9. The quantitative estimate of drug-likeness (QED) is 0.471. The van der Waals surface area contributed by atoms with E-state index in [0.29, 0.717) is 49.1 Å². The van der Waals surface area contributed by atoms with Gasteiger partial charge in [-0.3, -0.25) is 4.98 Å². The Morgan fingerprint density at radius 2 is 1.81 bits per heavy atom. The van der Waals surface area contributed by atoms with Crippen LogP contribution in [-0.2, 0) is 15.8 Å². The third kappa shape index (κ3) is 4.25. The number of nitrogens with one attached hydrogen (secondary N) is 1. The smallest absolute Gasteiger partial charge is 0.220 e. The van der Waals surface area contributed by atoms with Crippen LogP contribution in [0.5, 0.6) is 0 Å². The van der Waals surface area contributed by atoms with E-state index in [-0.39, 0.29) is 5.75 Å². The van der Waals surface area contributed by atoms with Gasteiger partial charge in [-0.1, -0.05) is 17.3 Å². The highest BCUT2D eigenvalue weighted by molar-refractivity contribution is 7.88. The molecule has 32 heavy (non-hydrogen) atoms. The van der Waals surface area contributed by atoms with E-state index in [0.717, 1.165) is 11.1 Å². The first-order valence-electron chi connectivity index (χ1n) is 10.2. The van der Waals surface area contributed by atoms with Gasteiger partial charge in [-0.05, 0) is 36.4 Å². The summed E-state index contributed by atoms with van der Waals surface area (Å²) in [4.78, 5) is 6.08. The molecule has 0 spiro atoms. The number of rotatable bonds is 6. The number of para-hydroxylation sites is 1. The fraction of sp³-hybridized carbons (Fsp3) is 0.238. The van der Waals surface area contributed by atoms with Gasteiger partial charge in [0.1, 0.15) is 11.4 Å². The van der Waals surface area contributed by atoms with E-state index in [9.17, 15) is 8.42 Å². The number of anilines is 3. The van der Waals surface area contributed by atoms with Gasteiger partial charge in [-0.2, -0.15) is 4.31 Å². The molecule has 1 aliphatic rings. The Hall–Kier alpha value is -3.57. The molecule has 0 aliphatic carbocycles. The molecule has 1 saturated heterocycles. The summed E-state index contributed by atoms with van der Waals surface area (Å²) in [5.41, 5.74) is 1.85. The van der Waals surface area contributed by atoms with Crippen molar-refractivity contribution >= 4 is 38.3 Å². The van der Waals surface area contributed by atoms with Gasteiger partial charge in [-0.25, -0.2) is 8.42 Å². The fourth-order valence-electron chi connectivity index (χ4n) is 3.65. The first-order chi connectivity index (χ1) is 15.6. The molecule has 3 aromatic heterocycles. The zero-order valence-electron chi connectivity index (χ0n) is 17.1. The summed E-state index contributed by atoms with van der Waals surface area (Å²) >= 11 is 0. The SMILES string of the molecule is O=S(=O)(Cc1noc2ccccc12)N1CCN(c2ccc(Nc3cccnc3)nn2)CC1. The number of fused-ring (bicyclic) bond motifs is 1. The Kier molecular flexibility index (Phi) is 5.41. The van der Waals surface area contributed by atoms with Crippen molar-refractivity contribution in [3.63, 3.8) is 0 Å². The van der Waals surface area contributed by atoms with E-state index in [2.05, 4.69) is 25.7 Å². The van der Waals surface area contributed by atoms with Crippen molar-refractivity contribution in [2.75, 3.05) is 36.4 Å². The number of nitrogens with zero attached hydrogens (tertiary/aromatic N) is 6. The molecule has 0 bridgehead atoms. The molecule has 0 unspecified atom stereocenters. The highest BCUT2D eigenvalue weighted by Crippen LogP contribution is 2.23. The largest absolute Gasteiger partial charge is 0.356 e. The lowest BCUT2D eigenvalue weighted by atomic mass is 10.2. The molecular weight excluding hydrogens is 430 g/mol. The van der Waals surface area contributed by atoms with Gasteiger partial charge in [0.15, 0.2) is 17.2 Å². The molecule has 1 aromatic carbocycles. The molecule has 0 atom stereocenters. The van der Waals surface area contributed by atoms with Crippen molar-refractivity contribution < 1.29 is 12.9 Å². The molecule has 0 saturated carbocycles. The van der Waals surface area contributed by atoms with Gasteiger partial charge in [0, 0.05) is 37.8 Å². The first kappa shape index (κ1) is 20.3. The van der Waals surface area contributed by atoms with Crippen LogP contribution < -0.4 is 10.2 Å². The maximum absolute atomic E-state index is 12.9. The zero-order valence-corrected chi connectivity index (χ0v) is 17.9. The standard InChI is InChI=1S/C21H21N7O3S/c29-32(30,15-18-17-5-1-2-6-19(17)31-26-18)28-12-10-27(11-13-28)21-8-7-20(24-25-21)23-16-4-3-9-22-14-16/h1-9,14H,10-13,15H2,(H,23,24). The lowest BCUT2D eigenvalue weighted by molar-refractivity contribution is 0.381. The third-order valence-corrected chi connectivity index (χ3v) is 7.10. The van der Waals surface area contributed by atoms with Crippen LogP contribution >= 0.6 is 0 Å². The summed E-state index contributed by atoms with van der Waals surface area (Å²) in [7, 11) is -3.51. The highest BCUT2D eigenvalue weighted by atomic mass is 32.2. The van der Waals surface area contributed by atoms with Gasteiger partial charge in [0.25, 0.3) is 0 Å². The number of sulfonamides is 1. The molecule has 5 rings (SSSR count). The topological polar surface area (TPSA) is 117 Å². The van der Waals surface area contributed by atoms with E-state index in [1.54, 1.807) is 18.5 Å². The van der Waals surface area contributed by atoms with E-state index in [1.807, 2.05) is 47.4 Å². The minimum absolute atomic E-state index is 0.182. The Balaban J connectivity index is 1.21. The molecule has 11 heteroatoms. The summed E-state index contributed by atoms with van der Waals surface area (Å²) < 4.78 is 32.6. The molecule has 0 radical (unpaired) electrons. The van der Waals surface area contributed by atoms with E-state index in [1.165, 1.54) is 4.31 Å². The third-order valence-electron chi connectivity index (χ3n) is 5.31. The van der Waals surface area contributed by atoms with Crippen LogP contribution in [0.3, 0.4) is 0 Å². The van der Waals surface area contributed by atoms with Crippen LogP contribution in [0.2, 0.25) is 0 Å². The van der Waals surface area contributed by atoms with E-state index in [4.69, 9.17) is 4.52 Å². The van der Waals surface area contributed by atoms with Crippen molar-refractivity contribution in [3.05, 3.63) is 66.6 Å². The lowest BCUT2D eigenvalue weighted by Crippen LogP contribution is -2.49. The van der Waals surface area contributed by atoms with Crippen molar-refractivity contribution in [2.45, 2.75) is 5.75 Å². The number of aromatic nitrogens is 4. The second-order valence-electron chi connectivity index (χ2n) is 7.41. The Morgan fingerprint density at radius 3 is 2.56 bits per heavy atom. The number of piperazine rings is 1. The van der Waals surface area contributed by atoms with Gasteiger partial charge in [0.05, 0.1) is 11.9 Å². The van der Waals surface area contributed by atoms with Crippen molar-refractivity contribution in [1.82, 2.24) is 24.6 Å². The molecule has 1 aliphatic heterocycles. The summed E-state index contributed by atoms with van der Waals surface area (Å²) in [6, 6.07) is 14.7. The predicted octanol–water partition coefficient (Wildman–Crippen LogP) is 2.41. The zero-order chi connectivity index (χ0) is 22.0. The second-order valence-corrected chi connectivity index (χ2v) is 9.38. The second kappa shape index (κ2) is 8.52.